The number of anilines is 1. The molecule has 0 unspecified atom stereocenters. The van der Waals surface area contributed by atoms with Crippen molar-refractivity contribution in [3.05, 3.63) is 47.2 Å². The summed E-state index contributed by atoms with van der Waals surface area (Å²) in [5.41, 5.74) is 6.17. The van der Waals surface area contributed by atoms with E-state index in [1.54, 1.807) is 13.2 Å². The highest BCUT2D eigenvalue weighted by molar-refractivity contribution is 6.04. The summed E-state index contributed by atoms with van der Waals surface area (Å²) in [6.07, 6.45) is 1.67. The van der Waals surface area contributed by atoms with Gasteiger partial charge in [-0.2, -0.15) is 5.10 Å². The molecule has 1 amide bonds. The number of aromatic nitrogens is 2. The Balaban J connectivity index is 2.22. The Morgan fingerprint density at radius 1 is 1.42 bits per heavy atom. The molecule has 2 aromatic rings. The quantitative estimate of drug-likeness (QED) is 0.882. The number of carbonyl (C=O) groups excluding carboxylic acids is 1. The lowest BCUT2D eigenvalue weighted by Crippen LogP contribution is -2.14. The SMILES string of the molecule is Cn1cc(CN)c(NC(=O)c2ccc(F)c(F)c2)n1. The average molecular weight is 266 g/mol. The van der Waals surface area contributed by atoms with E-state index in [-0.39, 0.29) is 12.1 Å². The van der Waals surface area contributed by atoms with Crippen LogP contribution in [0, 0.1) is 11.6 Å². The molecule has 0 saturated heterocycles. The van der Waals surface area contributed by atoms with Crippen LogP contribution in [-0.4, -0.2) is 15.7 Å². The van der Waals surface area contributed by atoms with Crippen LogP contribution in [0.2, 0.25) is 0 Å². The van der Waals surface area contributed by atoms with E-state index in [0.29, 0.717) is 11.4 Å². The Kier molecular flexibility index (Phi) is 3.57. The fourth-order valence-electron chi connectivity index (χ4n) is 1.61. The van der Waals surface area contributed by atoms with Gasteiger partial charge in [0.25, 0.3) is 5.91 Å². The molecule has 100 valence electrons. The van der Waals surface area contributed by atoms with Crippen LogP contribution in [0.1, 0.15) is 15.9 Å². The molecule has 0 fully saturated rings. The van der Waals surface area contributed by atoms with E-state index in [0.717, 1.165) is 12.1 Å². The van der Waals surface area contributed by atoms with E-state index < -0.39 is 17.5 Å². The van der Waals surface area contributed by atoms with Gasteiger partial charge in [-0.25, -0.2) is 8.78 Å². The van der Waals surface area contributed by atoms with Crippen molar-refractivity contribution in [1.82, 2.24) is 9.78 Å². The summed E-state index contributed by atoms with van der Waals surface area (Å²) in [7, 11) is 1.69. The lowest BCUT2D eigenvalue weighted by Gasteiger charge is -2.04. The molecule has 0 atom stereocenters. The van der Waals surface area contributed by atoms with Gasteiger partial charge in [0.1, 0.15) is 0 Å². The van der Waals surface area contributed by atoms with Crippen molar-refractivity contribution in [3.8, 4) is 0 Å². The van der Waals surface area contributed by atoms with Gasteiger partial charge in [-0.15, -0.1) is 0 Å². The van der Waals surface area contributed by atoms with Crippen LogP contribution in [0.15, 0.2) is 24.4 Å². The van der Waals surface area contributed by atoms with Gasteiger partial charge in [0.15, 0.2) is 17.5 Å². The number of carbonyl (C=O) groups is 1. The van der Waals surface area contributed by atoms with Crippen LogP contribution in [0.3, 0.4) is 0 Å². The second-order valence-electron chi connectivity index (χ2n) is 3.96. The highest BCUT2D eigenvalue weighted by Crippen LogP contribution is 2.14. The predicted octanol–water partition coefficient (Wildman–Crippen LogP) is 1.41. The number of nitrogens with zero attached hydrogens (tertiary/aromatic N) is 2. The molecule has 2 rings (SSSR count). The maximum absolute atomic E-state index is 13.0. The first-order valence-corrected chi connectivity index (χ1v) is 5.50. The minimum Gasteiger partial charge on any atom is -0.326 e. The van der Waals surface area contributed by atoms with E-state index in [1.165, 1.54) is 10.7 Å². The molecule has 0 spiro atoms. The van der Waals surface area contributed by atoms with Crippen molar-refractivity contribution in [3.63, 3.8) is 0 Å². The monoisotopic (exact) mass is 266 g/mol. The summed E-state index contributed by atoms with van der Waals surface area (Å²) in [5.74, 6) is -2.35. The fraction of sp³-hybridized carbons (Fsp3) is 0.167. The van der Waals surface area contributed by atoms with Crippen molar-refractivity contribution < 1.29 is 13.6 Å². The van der Waals surface area contributed by atoms with Crippen molar-refractivity contribution in [2.24, 2.45) is 12.8 Å². The summed E-state index contributed by atoms with van der Waals surface area (Å²) >= 11 is 0. The number of benzene rings is 1. The smallest absolute Gasteiger partial charge is 0.256 e. The zero-order chi connectivity index (χ0) is 14.0. The van der Waals surface area contributed by atoms with E-state index in [9.17, 15) is 13.6 Å². The van der Waals surface area contributed by atoms with Gasteiger partial charge >= 0.3 is 0 Å². The Labute approximate surface area is 108 Å². The van der Waals surface area contributed by atoms with Crippen LogP contribution >= 0.6 is 0 Å². The first kappa shape index (κ1) is 13.2. The standard InChI is InChI=1S/C12H12F2N4O/c1-18-6-8(5-15)11(17-18)16-12(19)7-2-3-9(13)10(14)4-7/h2-4,6H,5,15H2,1H3,(H,16,17,19). The first-order chi connectivity index (χ1) is 9.01. The zero-order valence-electron chi connectivity index (χ0n) is 10.2. The van der Waals surface area contributed by atoms with Gasteiger partial charge < -0.3 is 11.1 Å². The second-order valence-corrected chi connectivity index (χ2v) is 3.96. The molecule has 3 N–H and O–H groups in total. The van der Waals surface area contributed by atoms with Crippen LogP contribution in [0.4, 0.5) is 14.6 Å². The van der Waals surface area contributed by atoms with Crippen molar-refractivity contribution in [1.29, 1.82) is 0 Å². The molecule has 0 aliphatic carbocycles. The Hall–Kier alpha value is -2.28. The molecule has 0 saturated carbocycles. The van der Waals surface area contributed by atoms with Gasteiger partial charge in [0, 0.05) is 30.9 Å². The van der Waals surface area contributed by atoms with Gasteiger partial charge in [-0.05, 0) is 18.2 Å². The van der Waals surface area contributed by atoms with Crippen molar-refractivity contribution in [2.75, 3.05) is 5.32 Å². The number of nitrogens with one attached hydrogen (secondary N) is 1. The largest absolute Gasteiger partial charge is 0.326 e. The van der Waals surface area contributed by atoms with Gasteiger partial charge in [0.05, 0.1) is 0 Å². The highest BCUT2D eigenvalue weighted by atomic mass is 19.2. The Morgan fingerprint density at radius 3 is 2.79 bits per heavy atom. The summed E-state index contributed by atoms with van der Waals surface area (Å²) in [6, 6.07) is 2.92. The van der Waals surface area contributed by atoms with Crippen molar-refractivity contribution in [2.45, 2.75) is 6.54 Å². The van der Waals surface area contributed by atoms with E-state index >= 15 is 0 Å². The lowest BCUT2D eigenvalue weighted by molar-refractivity contribution is 0.102. The van der Waals surface area contributed by atoms with Gasteiger partial charge in [-0.1, -0.05) is 0 Å². The van der Waals surface area contributed by atoms with E-state index in [1.807, 2.05) is 0 Å². The molecule has 19 heavy (non-hydrogen) atoms. The number of hydrogen-bond donors (Lipinski definition) is 2. The molecular weight excluding hydrogens is 254 g/mol. The zero-order valence-corrected chi connectivity index (χ0v) is 10.2. The molecule has 0 aliphatic rings. The van der Waals surface area contributed by atoms with Crippen LogP contribution in [0.5, 0.6) is 0 Å². The van der Waals surface area contributed by atoms with E-state index in [2.05, 4.69) is 10.4 Å². The number of rotatable bonds is 3. The van der Waals surface area contributed by atoms with Gasteiger partial charge in [-0.3, -0.25) is 9.48 Å². The molecular formula is C12H12F2N4O. The molecule has 7 heteroatoms. The number of aryl methyl sites for hydroxylation is 1. The third kappa shape index (κ3) is 2.76. The average Bonchev–Trinajstić information content (AvgIpc) is 2.72. The van der Waals surface area contributed by atoms with Crippen molar-refractivity contribution >= 4 is 11.7 Å². The molecule has 1 aromatic carbocycles. The first-order valence-electron chi connectivity index (χ1n) is 5.50. The molecule has 5 nitrogen and oxygen atoms in total. The van der Waals surface area contributed by atoms with Gasteiger partial charge in [0.2, 0.25) is 0 Å². The number of hydrogen-bond acceptors (Lipinski definition) is 3. The number of amides is 1. The Morgan fingerprint density at radius 2 is 2.16 bits per heavy atom. The number of nitrogens with two attached hydrogens (primary N) is 1. The maximum Gasteiger partial charge on any atom is 0.256 e. The minimum atomic E-state index is -1.08. The third-order valence-corrected chi connectivity index (χ3v) is 2.54. The number of halogens is 2. The maximum atomic E-state index is 13.0. The van der Waals surface area contributed by atoms with E-state index in [4.69, 9.17) is 5.73 Å². The predicted molar refractivity (Wildman–Crippen MR) is 65.4 cm³/mol. The van der Waals surface area contributed by atoms with Crippen LogP contribution < -0.4 is 11.1 Å². The Bertz CT molecular complexity index is 624. The highest BCUT2D eigenvalue weighted by Gasteiger charge is 2.13. The molecule has 0 aliphatic heterocycles. The molecule has 1 heterocycles. The third-order valence-electron chi connectivity index (χ3n) is 2.54. The topological polar surface area (TPSA) is 72.9 Å². The molecule has 1 aromatic heterocycles. The van der Waals surface area contributed by atoms with Crippen LogP contribution in [-0.2, 0) is 13.6 Å². The second kappa shape index (κ2) is 5.15. The molecule has 0 bridgehead atoms. The summed E-state index contributed by atoms with van der Waals surface area (Å²) in [5, 5.41) is 6.53. The summed E-state index contributed by atoms with van der Waals surface area (Å²) in [6.45, 7) is 0.210. The van der Waals surface area contributed by atoms with Crippen LogP contribution in [0.25, 0.3) is 0 Å². The lowest BCUT2D eigenvalue weighted by atomic mass is 10.2. The summed E-state index contributed by atoms with van der Waals surface area (Å²) in [4.78, 5) is 11.9. The normalized spacial score (nSPS) is 10.5. The fourth-order valence-corrected chi connectivity index (χ4v) is 1.61. The molecule has 0 radical (unpaired) electrons. The minimum absolute atomic E-state index is 0.00697. The summed E-state index contributed by atoms with van der Waals surface area (Å²) < 4.78 is 27.3.